The molecule has 1 saturated carbocycles. The number of nitrogen functional groups attached to an aromatic ring is 2. The molecule has 0 saturated heterocycles. The van der Waals surface area contributed by atoms with Gasteiger partial charge in [-0.15, -0.1) is 0 Å². The molecule has 2 rings (SSSR count). The summed E-state index contributed by atoms with van der Waals surface area (Å²) in [6.07, 6.45) is 2.37. The highest BCUT2D eigenvalue weighted by Gasteiger charge is 2.29. The minimum absolute atomic E-state index is 0.197. The van der Waals surface area contributed by atoms with Gasteiger partial charge in [-0.3, -0.25) is 0 Å². The van der Waals surface area contributed by atoms with Gasteiger partial charge >= 0.3 is 0 Å². The van der Waals surface area contributed by atoms with Crippen LogP contribution in [-0.4, -0.2) is 28.7 Å². The Bertz CT molecular complexity index is 344. The normalized spacial score (nSPS) is 23.8. The Morgan fingerprint density at radius 1 is 1.44 bits per heavy atom. The largest absolute Gasteiger partial charge is 0.383 e. The molecular weight excluding hydrogens is 206 g/mol. The molecule has 1 heterocycles. The molecule has 0 radical (unpaired) electrons. The van der Waals surface area contributed by atoms with Gasteiger partial charge < -0.3 is 21.5 Å². The summed E-state index contributed by atoms with van der Waals surface area (Å²) in [5.74, 6) is 1.27. The van der Waals surface area contributed by atoms with Crippen LogP contribution in [0, 0.1) is 0 Å². The van der Waals surface area contributed by atoms with Crippen LogP contribution >= 0.6 is 0 Å². The molecule has 5 N–H and O–H groups in total. The zero-order valence-corrected chi connectivity index (χ0v) is 9.31. The minimum atomic E-state index is 0.197. The van der Waals surface area contributed by atoms with Gasteiger partial charge in [0.1, 0.15) is 11.6 Å². The van der Waals surface area contributed by atoms with E-state index >= 15 is 0 Å². The highest BCUT2D eigenvalue weighted by molar-refractivity contribution is 5.49. The standard InChI is InChI=1S/C10H17N5O/c1-2-16-7-3-6(4-7)13-9-5-8(11)14-10(12)15-9/h5-7H,2-4H2,1H3,(H5,11,12,13,14,15). The molecule has 0 aliphatic heterocycles. The molecule has 1 aliphatic rings. The summed E-state index contributed by atoms with van der Waals surface area (Å²) in [4.78, 5) is 7.87. The van der Waals surface area contributed by atoms with Crippen molar-refractivity contribution in [3.05, 3.63) is 6.07 Å². The van der Waals surface area contributed by atoms with Crippen molar-refractivity contribution in [3.8, 4) is 0 Å². The van der Waals surface area contributed by atoms with E-state index in [-0.39, 0.29) is 5.95 Å². The van der Waals surface area contributed by atoms with E-state index in [0.29, 0.717) is 23.8 Å². The van der Waals surface area contributed by atoms with Gasteiger partial charge in [0.05, 0.1) is 6.10 Å². The van der Waals surface area contributed by atoms with Gasteiger partial charge in [-0.25, -0.2) is 0 Å². The van der Waals surface area contributed by atoms with Crippen LogP contribution < -0.4 is 16.8 Å². The van der Waals surface area contributed by atoms with Crippen molar-refractivity contribution in [1.82, 2.24) is 9.97 Å². The van der Waals surface area contributed by atoms with E-state index in [1.807, 2.05) is 6.92 Å². The molecule has 0 atom stereocenters. The second-order valence-electron chi connectivity index (χ2n) is 3.93. The Kier molecular flexibility index (Phi) is 3.09. The van der Waals surface area contributed by atoms with Crippen LogP contribution in [0.5, 0.6) is 0 Å². The molecular formula is C10H17N5O. The van der Waals surface area contributed by atoms with Gasteiger partial charge in [-0.1, -0.05) is 0 Å². The van der Waals surface area contributed by atoms with Crippen molar-refractivity contribution >= 4 is 17.6 Å². The van der Waals surface area contributed by atoms with Crippen LogP contribution in [-0.2, 0) is 4.74 Å². The summed E-state index contributed by atoms with van der Waals surface area (Å²) in [6, 6.07) is 2.08. The average molecular weight is 223 g/mol. The van der Waals surface area contributed by atoms with Crippen LogP contribution in [0.2, 0.25) is 0 Å². The number of aromatic nitrogens is 2. The fourth-order valence-corrected chi connectivity index (χ4v) is 1.82. The van der Waals surface area contributed by atoms with E-state index < -0.39 is 0 Å². The van der Waals surface area contributed by atoms with Crippen LogP contribution in [0.25, 0.3) is 0 Å². The van der Waals surface area contributed by atoms with Crippen molar-refractivity contribution in [1.29, 1.82) is 0 Å². The lowest BCUT2D eigenvalue weighted by Gasteiger charge is -2.35. The van der Waals surface area contributed by atoms with Gasteiger partial charge in [-0.2, -0.15) is 9.97 Å². The average Bonchev–Trinajstić information content (AvgIpc) is 2.13. The Hall–Kier alpha value is -1.56. The Balaban J connectivity index is 1.86. The summed E-state index contributed by atoms with van der Waals surface area (Å²) in [6.45, 7) is 2.78. The number of rotatable bonds is 4. The monoisotopic (exact) mass is 223 g/mol. The lowest BCUT2D eigenvalue weighted by Crippen LogP contribution is -2.41. The lowest BCUT2D eigenvalue weighted by molar-refractivity contribution is 0.00293. The van der Waals surface area contributed by atoms with Crippen molar-refractivity contribution in [2.45, 2.75) is 31.9 Å². The first kappa shape index (κ1) is 10.9. The van der Waals surface area contributed by atoms with Crippen LogP contribution in [0.1, 0.15) is 19.8 Å². The van der Waals surface area contributed by atoms with Crippen molar-refractivity contribution in [2.24, 2.45) is 0 Å². The van der Waals surface area contributed by atoms with Gasteiger partial charge in [0.2, 0.25) is 5.95 Å². The number of ether oxygens (including phenoxy) is 1. The number of nitrogens with one attached hydrogen (secondary N) is 1. The smallest absolute Gasteiger partial charge is 0.223 e. The molecule has 16 heavy (non-hydrogen) atoms. The second kappa shape index (κ2) is 4.52. The maximum atomic E-state index is 5.57. The van der Waals surface area contributed by atoms with E-state index in [1.165, 1.54) is 0 Å². The van der Waals surface area contributed by atoms with Crippen LogP contribution in [0.3, 0.4) is 0 Å². The maximum Gasteiger partial charge on any atom is 0.223 e. The van der Waals surface area contributed by atoms with E-state index in [4.69, 9.17) is 16.2 Å². The molecule has 0 amide bonds. The summed E-state index contributed by atoms with van der Waals surface area (Å²) < 4.78 is 5.47. The van der Waals surface area contributed by atoms with Crippen molar-refractivity contribution in [3.63, 3.8) is 0 Å². The number of anilines is 3. The number of hydrogen-bond donors (Lipinski definition) is 3. The molecule has 1 aromatic rings. The SMILES string of the molecule is CCOC1CC(Nc2cc(N)nc(N)n2)C1. The predicted octanol–water partition coefficient (Wildman–Crippen LogP) is 0.620. The molecule has 0 spiro atoms. The molecule has 88 valence electrons. The topological polar surface area (TPSA) is 99.1 Å². The van der Waals surface area contributed by atoms with Crippen molar-refractivity contribution < 1.29 is 4.74 Å². The molecule has 6 nitrogen and oxygen atoms in total. The number of nitrogens with zero attached hydrogens (tertiary/aromatic N) is 2. The van der Waals surface area contributed by atoms with E-state index in [9.17, 15) is 0 Å². The Morgan fingerprint density at radius 3 is 2.81 bits per heavy atom. The molecule has 1 aliphatic carbocycles. The number of hydrogen-bond acceptors (Lipinski definition) is 6. The fourth-order valence-electron chi connectivity index (χ4n) is 1.82. The first-order chi connectivity index (χ1) is 7.67. The first-order valence-electron chi connectivity index (χ1n) is 5.45. The summed E-state index contributed by atoms with van der Waals surface area (Å²) >= 11 is 0. The van der Waals surface area contributed by atoms with Crippen LogP contribution in [0.4, 0.5) is 17.6 Å². The van der Waals surface area contributed by atoms with Gasteiger partial charge in [0, 0.05) is 18.7 Å². The molecule has 0 bridgehead atoms. The van der Waals surface area contributed by atoms with Gasteiger partial charge in [0.25, 0.3) is 0 Å². The highest BCUT2D eigenvalue weighted by atomic mass is 16.5. The Labute approximate surface area is 94.4 Å². The van der Waals surface area contributed by atoms with Crippen LogP contribution in [0.15, 0.2) is 6.07 Å². The summed E-state index contributed by atoms with van der Waals surface area (Å²) in [5.41, 5.74) is 11.1. The molecule has 0 aromatic carbocycles. The zero-order chi connectivity index (χ0) is 11.5. The first-order valence-corrected chi connectivity index (χ1v) is 5.45. The molecule has 6 heteroatoms. The van der Waals surface area contributed by atoms with Crippen molar-refractivity contribution in [2.75, 3.05) is 23.4 Å². The zero-order valence-electron chi connectivity index (χ0n) is 9.31. The molecule has 1 aromatic heterocycles. The second-order valence-corrected chi connectivity index (χ2v) is 3.93. The summed E-state index contributed by atoms with van der Waals surface area (Å²) in [7, 11) is 0. The van der Waals surface area contributed by atoms with Gasteiger partial charge in [0.15, 0.2) is 0 Å². The fraction of sp³-hybridized carbons (Fsp3) is 0.600. The maximum absolute atomic E-state index is 5.57. The van der Waals surface area contributed by atoms with E-state index in [1.54, 1.807) is 6.07 Å². The quantitative estimate of drug-likeness (QED) is 0.692. The minimum Gasteiger partial charge on any atom is -0.383 e. The predicted molar refractivity (Wildman–Crippen MR) is 62.9 cm³/mol. The number of nitrogens with two attached hydrogens (primary N) is 2. The molecule has 0 unspecified atom stereocenters. The summed E-state index contributed by atoms with van der Waals surface area (Å²) in [5, 5.41) is 3.26. The highest BCUT2D eigenvalue weighted by Crippen LogP contribution is 2.26. The van der Waals surface area contributed by atoms with E-state index in [2.05, 4.69) is 15.3 Å². The Morgan fingerprint density at radius 2 is 2.19 bits per heavy atom. The molecule has 1 fully saturated rings. The third-order valence-corrected chi connectivity index (χ3v) is 2.61. The van der Waals surface area contributed by atoms with E-state index in [0.717, 1.165) is 19.4 Å². The lowest BCUT2D eigenvalue weighted by atomic mass is 9.89. The van der Waals surface area contributed by atoms with Gasteiger partial charge in [-0.05, 0) is 19.8 Å². The third-order valence-electron chi connectivity index (χ3n) is 2.61. The third kappa shape index (κ3) is 2.52.